The smallest absolute Gasteiger partial charge is 0.259 e. The standard InChI is InChI=1S/C20H27N5O2/c1-2-3-10-23-14-20(8-6-17(23)26)7-4-11-24(15-20)19(27)16-13-22-25-12-5-9-21-18(16)25/h5,9,12-13H,2-4,6-8,10-11,14-15H2,1H3/t20-/m1/s1. The Bertz CT molecular complexity index is 848. The highest BCUT2D eigenvalue weighted by Crippen LogP contribution is 2.39. The van der Waals surface area contributed by atoms with Crippen LogP contribution in [0.2, 0.25) is 0 Å². The molecule has 0 N–H and O–H groups in total. The summed E-state index contributed by atoms with van der Waals surface area (Å²) in [7, 11) is 0. The molecule has 1 spiro atoms. The van der Waals surface area contributed by atoms with E-state index in [1.54, 1.807) is 29.2 Å². The summed E-state index contributed by atoms with van der Waals surface area (Å²) in [5.41, 5.74) is 1.19. The van der Waals surface area contributed by atoms with Crippen molar-refractivity contribution in [3.8, 4) is 0 Å². The second-order valence-corrected chi connectivity index (χ2v) is 7.95. The highest BCUT2D eigenvalue weighted by Gasteiger charge is 2.42. The Morgan fingerprint density at radius 3 is 3.04 bits per heavy atom. The summed E-state index contributed by atoms with van der Waals surface area (Å²) in [5, 5.41) is 4.25. The molecule has 2 saturated heterocycles. The molecule has 0 saturated carbocycles. The predicted molar refractivity (Wildman–Crippen MR) is 101 cm³/mol. The van der Waals surface area contributed by atoms with E-state index < -0.39 is 0 Å². The number of nitrogens with zero attached hydrogens (tertiary/aromatic N) is 5. The minimum absolute atomic E-state index is 0.000201. The lowest BCUT2D eigenvalue weighted by atomic mass is 9.73. The van der Waals surface area contributed by atoms with Crippen molar-refractivity contribution in [2.45, 2.75) is 45.4 Å². The van der Waals surface area contributed by atoms with Gasteiger partial charge in [0, 0.05) is 50.4 Å². The molecule has 4 rings (SSSR count). The molecule has 2 aromatic heterocycles. The van der Waals surface area contributed by atoms with E-state index in [0.717, 1.165) is 51.7 Å². The van der Waals surface area contributed by atoms with Crippen LogP contribution in [0.4, 0.5) is 0 Å². The van der Waals surface area contributed by atoms with Crippen molar-refractivity contribution in [3.63, 3.8) is 0 Å². The largest absolute Gasteiger partial charge is 0.342 e. The number of hydrogen-bond donors (Lipinski definition) is 0. The number of fused-ring (bicyclic) bond motifs is 1. The van der Waals surface area contributed by atoms with Crippen LogP contribution in [0.5, 0.6) is 0 Å². The fraction of sp³-hybridized carbons (Fsp3) is 0.600. The van der Waals surface area contributed by atoms with E-state index >= 15 is 0 Å². The molecule has 0 aromatic carbocycles. The van der Waals surface area contributed by atoms with Gasteiger partial charge in [0.05, 0.1) is 6.20 Å². The third kappa shape index (κ3) is 3.42. The van der Waals surface area contributed by atoms with Gasteiger partial charge in [-0.15, -0.1) is 0 Å². The number of carbonyl (C=O) groups excluding carboxylic acids is 2. The number of unbranched alkanes of at least 4 members (excludes halogenated alkanes) is 1. The number of hydrogen-bond acceptors (Lipinski definition) is 4. The second-order valence-electron chi connectivity index (χ2n) is 7.95. The van der Waals surface area contributed by atoms with Crippen LogP contribution >= 0.6 is 0 Å². The minimum Gasteiger partial charge on any atom is -0.342 e. The van der Waals surface area contributed by atoms with Crippen molar-refractivity contribution in [2.75, 3.05) is 26.2 Å². The number of amides is 2. The Hall–Kier alpha value is -2.44. The maximum atomic E-state index is 13.2. The molecule has 0 aliphatic carbocycles. The number of likely N-dealkylation sites (tertiary alicyclic amines) is 2. The van der Waals surface area contributed by atoms with Gasteiger partial charge in [0.1, 0.15) is 5.56 Å². The fourth-order valence-corrected chi connectivity index (χ4v) is 4.52. The Kier molecular flexibility index (Phi) is 4.85. The monoisotopic (exact) mass is 369 g/mol. The van der Waals surface area contributed by atoms with Crippen molar-refractivity contribution in [1.82, 2.24) is 24.4 Å². The van der Waals surface area contributed by atoms with Crippen LogP contribution in [-0.4, -0.2) is 62.4 Å². The molecule has 2 amide bonds. The summed E-state index contributed by atoms with van der Waals surface area (Å²) in [6.07, 6.45) is 10.8. The van der Waals surface area contributed by atoms with Gasteiger partial charge in [-0.3, -0.25) is 9.59 Å². The van der Waals surface area contributed by atoms with Crippen molar-refractivity contribution in [2.24, 2.45) is 5.41 Å². The molecule has 4 heterocycles. The van der Waals surface area contributed by atoms with Crippen LogP contribution in [0.25, 0.3) is 5.65 Å². The highest BCUT2D eigenvalue weighted by molar-refractivity contribution is 5.99. The maximum absolute atomic E-state index is 13.2. The van der Waals surface area contributed by atoms with E-state index in [2.05, 4.69) is 17.0 Å². The molecular formula is C20H27N5O2. The van der Waals surface area contributed by atoms with E-state index in [4.69, 9.17) is 0 Å². The van der Waals surface area contributed by atoms with Gasteiger partial charge in [0.15, 0.2) is 5.65 Å². The first-order valence-electron chi connectivity index (χ1n) is 9.97. The molecule has 0 radical (unpaired) electrons. The van der Waals surface area contributed by atoms with Gasteiger partial charge in [0.25, 0.3) is 5.91 Å². The molecule has 7 nitrogen and oxygen atoms in total. The average Bonchev–Trinajstić information content (AvgIpc) is 3.12. The van der Waals surface area contributed by atoms with Crippen LogP contribution in [0.1, 0.15) is 55.8 Å². The third-order valence-electron chi connectivity index (χ3n) is 5.99. The normalized spacial score (nSPS) is 23.4. The lowest BCUT2D eigenvalue weighted by Gasteiger charge is -2.48. The number of piperidine rings is 2. The van der Waals surface area contributed by atoms with Crippen LogP contribution < -0.4 is 0 Å². The number of aromatic nitrogens is 3. The molecule has 2 aliphatic rings. The molecule has 2 fully saturated rings. The van der Waals surface area contributed by atoms with E-state index in [-0.39, 0.29) is 17.2 Å². The molecular weight excluding hydrogens is 342 g/mol. The summed E-state index contributed by atoms with van der Waals surface area (Å²) in [4.78, 5) is 33.8. The highest BCUT2D eigenvalue weighted by atomic mass is 16.2. The Balaban J connectivity index is 1.52. The molecule has 2 aliphatic heterocycles. The Morgan fingerprint density at radius 1 is 1.30 bits per heavy atom. The van der Waals surface area contributed by atoms with Crippen LogP contribution in [-0.2, 0) is 4.79 Å². The zero-order chi connectivity index (χ0) is 18.9. The zero-order valence-electron chi connectivity index (χ0n) is 15.9. The van der Waals surface area contributed by atoms with Gasteiger partial charge in [0.2, 0.25) is 5.91 Å². The van der Waals surface area contributed by atoms with Gasteiger partial charge in [-0.05, 0) is 31.7 Å². The van der Waals surface area contributed by atoms with Gasteiger partial charge in [-0.1, -0.05) is 13.3 Å². The molecule has 0 unspecified atom stereocenters. The average molecular weight is 369 g/mol. The van der Waals surface area contributed by atoms with Crippen molar-refractivity contribution >= 4 is 17.5 Å². The van der Waals surface area contributed by atoms with Gasteiger partial charge >= 0.3 is 0 Å². The Morgan fingerprint density at radius 2 is 2.19 bits per heavy atom. The van der Waals surface area contributed by atoms with Crippen molar-refractivity contribution in [1.29, 1.82) is 0 Å². The molecule has 7 heteroatoms. The molecule has 1 atom stereocenters. The van der Waals surface area contributed by atoms with E-state index in [1.165, 1.54) is 0 Å². The maximum Gasteiger partial charge on any atom is 0.259 e. The number of carbonyl (C=O) groups is 2. The number of rotatable bonds is 4. The lowest BCUT2D eigenvalue weighted by molar-refractivity contribution is -0.139. The summed E-state index contributed by atoms with van der Waals surface area (Å²) in [5.74, 6) is 0.268. The summed E-state index contributed by atoms with van der Waals surface area (Å²) >= 11 is 0. The second kappa shape index (κ2) is 7.29. The van der Waals surface area contributed by atoms with Gasteiger partial charge in [-0.25, -0.2) is 9.50 Å². The Labute approximate surface area is 159 Å². The van der Waals surface area contributed by atoms with Crippen LogP contribution in [0.3, 0.4) is 0 Å². The van der Waals surface area contributed by atoms with Gasteiger partial charge < -0.3 is 9.80 Å². The van der Waals surface area contributed by atoms with E-state index in [0.29, 0.717) is 24.2 Å². The predicted octanol–water partition coefficient (Wildman–Crippen LogP) is 2.37. The third-order valence-corrected chi connectivity index (χ3v) is 5.99. The summed E-state index contributed by atoms with van der Waals surface area (Å²) < 4.78 is 1.64. The van der Waals surface area contributed by atoms with Crippen molar-refractivity contribution in [3.05, 3.63) is 30.2 Å². The van der Waals surface area contributed by atoms with Crippen molar-refractivity contribution < 1.29 is 9.59 Å². The SMILES string of the molecule is CCCCN1C[C@@]2(CCCN(C(=O)c3cnn4cccnc34)C2)CCC1=O. The lowest BCUT2D eigenvalue weighted by Crippen LogP contribution is -2.55. The van der Waals surface area contributed by atoms with Gasteiger partial charge in [-0.2, -0.15) is 5.10 Å². The topological polar surface area (TPSA) is 70.8 Å². The minimum atomic E-state index is -0.000201. The first-order valence-corrected chi connectivity index (χ1v) is 9.97. The first kappa shape index (κ1) is 17.9. The summed E-state index contributed by atoms with van der Waals surface area (Å²) in [6.45, 7) is 5.24. The molecule has 144 valence electrons. The first-order chi connectivity index (χ1) is 13.1. The fourth-order valence-electron chi connectivity index (χ4n) is 4.52. The summed E-state index contributed by atoms with van der Waals surface area (Å²) in [6, 6.07) is 1.80. The quantitative estimate of drug-likeness (QED) is 0.830. The van der Waals surface area contributed by atoms with E-state index in [1.807, 2.05) is 9.80 Å². The zero-order valence-corrected chi connectivity index (χ0v) is 15.9. The van der Waals surface area contributed by atoms with Crippen LogP contribution in [0.15, 0.2) is 24.7 Å². The molecule has 27 heavy (non-hydrogen) atoms. The molecule has 2 aromatic rings. The van der Waals surface area contributed by atoms with E-state index in [9.17, 15) is 9.59 Å². The van der Waals surface area contributed by atoms with Crippen LogP contribution in [0, 0.1) is 5.41 Å². The molecule has 0 bridgehead atoms.